The standard InChI is InChI=1S/C13H22/c1-10-8-7-9-11(12(2,3)4)13(10,5)6/h7-9,11H,1-6H3. The molecule has 0 aromatic carbocycles. The maximum atomic E-state index is 2.35. The van der Waals surface area contributed by atoms with Crippen molar-refractivity contribution in [2.75, 3.05) is 0 Å². The second-order valence-corrected chi connectivity index (χ2v) is 5.80. The lowest BCUT2D eigenvalue weighted by molar-refractivity contribution is 0.161. The van der Waals surface area contributed by atoms with Crippen molar-refractivity contribution >= 4 is 0 Å². The molecule has 1 aliphatic rings. The minimum atomic E-state index is 0.312. The van der Waals surface area contributed by atoms with E-state index in [9.17, 15) is 0 Å². The van der Waals surface area contributed by atoms with E-state index in [0.29, 0.717) is 16.7 Å². The van der Waals surface area contributed by atoms with Crippen LogP contribution in [0.3, 0.4) is 0 Å². The Bertz CT molecular complexity index is 246. The summed E-state index contributed by atoms with van der Waals surface area (Å²) in [7, 11) is 0. The topological polar surface area (TPSA) is 0 Å². The van der Waals surface area contributed by atoms with Crippen molar-refractivity contribution in [2.24, 2.45) is 16.7 Å². The summed E-state index contributed by atoms with van der Waals surface area (Å²) in [5.41, 5.74) is 2.16. The van der Waals surface area contributed by atoms with Gasteiger partial charge in [-0.1, -0.05) is 58.4 Å². The van der Waals surface area contributed by atoms with Crippen molar-refractivity contribution < 1.29 is 0 Å². The Labute approximate surface area is 82.7 Å². The Morgan fingerprint density at radius 1 is 1.23 bits per heavy atom. The Balaban J connectivity index is 3.03. The molecule has 1 aliphatic carbocycles. The van der Waals surface area contributed by atoms with Gasteiger partial charge in [0.2, 0.25) is 0 Å². The molecule has 0 nitrogen and oxygen atoms in total. The molecule has 0 radical (unpaired) electrons. The average molecular weight is 178 g/mol. The van der Waals surface area contributed by atoms with Crippen molar-refractivity contribution in [3.63, 3.8) is 0 Å². The summed E-state index contributed by atoms with van der Waals surface area (Å²) >= 11 is 0. The first-order chi connectivity index (χ1) is 5.76. The van der Waals surface area contributed by atoms with E-state index in [1.54, 1.807) is 0 Å². The maximum Gasteiger partial charge on any atom is -0.00765 e. The van der Waals surface area contributed by atoms with Gasteiger partial charge in [0.05, 0.1) is 0 Å². The fourth-order valence-corrected chi connectivity index (χ4v) is 2.38. The van der Waals surface area contributed by atoms with Crippen molar-refractivity contribution in [1.29, 1.82) is 0 Å². The molecule has 0 saturated heterocycles. The first-order valence-electron chi connectivity index (χ1n) is 5.12. The van der Waals surface area contributed by atoms with E-state index in [-0.39, 0.29) is 0 Å². The third-order valence-corrected chi connectivity index (χ3v) is 3.38. The Morgan fingerprint density at radius 3 is 2.15 bits per heavy atom. The zero-order valence-electron chi connectivity index (χ0n) is 9.81. The summed E-state index contributed by atoms with van der Waals surface area (Å²) in [6.07, 6.45) is 6.80. The fraction of sp³-hybridized carbons (Fsp3) is 0.692. The van der Waals surface area contributed by atoms with Crippen LogP contribution in [0, 0.1) is 16.7 Å². The third kappa shape index (κ3) is 1.87. The van der Waals surface area contributed by atoms with Crippen LogP contribution in [0.25, 0.3) is 0 Å². The molecule has 74 valence electrons. The molecule has 1 atom stereocenters. The molecule has 0 aliphatic heterocycles. The van der Waals surface area contributed by atoms with Gasteiger partial charge in [-0.2, -0.15) is 0 Å². The van der Waals surface area contributed by atoms with Crippen molar-refractivity contribution in [1.82, 2.24) is 0 Å². The highest BCUT2D eigenvalue weighted by Crippen LogP contribution is 2.47. The van der Waals surface area contributed by atoms with Crippen molar-refractivity contribution in [3.8, 4) is 0 Å². The Kier molecular flexibility index (Phi) is 2.44. The van der Waals surface area contributed by atoms with Crippen LogP contribution >= 0.6 is 0 Å². The summed E-state index contributed by atoms with van der Waals surface area (Å²) in [6, 6.07) is 0. The van der Waals surface area contributed by atoms with E-state index in [2.05, 4.69) is 59.8 Å². The first kappa shape index (κ1) is 10.6. The molecule has 0 heteroatoms. The Hall–Kier alpha value is -0.520. The normalized spacial score (nSPS) is 27.2. The first-order valence-corrected chi connectivity index (χ1v) is 5.12. The maximum absolute atomic E-state index is 2.35. The van der Waals surface area contributed by atoms with Crippen LogP contribution in [-0.2, 0) is 0 Å². The molecule has 0 spiro atoms. The van der Waals surface area contributed by atoms with E-state index in [1.807, 2.05) is 0 Å². The van der Waals surface area contributed by atoms with Gasteiger partial charge in [-0.15, -0.1) is 0 Å². The molecule has 0 aromatic rings. The van der Waals surface area contributed by atoms with Crippen LogP contribution in [0.2, 0.25) is 0 Å². The smallest absolute Gasteiger partial charge is 0.00765 e. The zero-order valence-corrected chi connectivity index (χ0v) is 9.81. The van der Waals surface area contributed by atoms with E-state index in [1.165, 1.54) is 5.57 Å². The van der Waals surface area contributed by atoms with Crippen LogP contribution in [0.4, 0.5) is 0 Å². The summed E-state index contributed by atoms with van der Waals surface area (Å²) in [6.45, 7) is 13.9. The van der Waals surface area contributed by atoms with Gasteiger partial charge in [-0.3, -0.25) is 0 Å². The zero-order chi connectivity index (χ0) is 10.3. The number of allylic oxidation sites excluding steroid dienone is 4. The molecule has 0 heterocycles. The van der Waals surface area contributed by atoms with Gasteiger partial charge >= 0.3 is 0 Å². The van der Waals surface area contributed by atoms with Gasteiger partial charge in [0.25, 0.3) is 0 Å². The monoisotopic (exact) mass is 178 g/mol. The largest absolute Gasteiger partial charge is 0.0800 e. The SMILES string of the molecule is CC1=CC=CC(C(C)(C)C)C1(C)C. The summed E-state index contributed by atoms with van der Waals surface area (Å²) < 4.78 is 0. The van der Waals surface area contributed by atoms with Crippen LogP contribution in [0.5, 0.6) is 0 Å². The summed E-state index contributed by atoms with van der Waals surface area (Å²) in [4.78, 5) is 0. The van der Waals surface area contributed by atoms with E-state index in [0.717, 1.165) is 0 Å². The molecule has 0 fully saturated rings. The van der Waals surface area contributed by atoms with Gasteiger partial charge in [-0.05, 0) is 23.7 Å². The number of hydrogen-bond donors (Lipinski definition) is 0. The Morgan fingerprint density at radius 2 is 1.77 bits per heavy atom. The predicted octanol–water partition coefficient (Wildman–Crippen LogP) is 4.19. The number of rotatable bonds is 0. The summed E-state index contributed by atoms with van der Waals surface area (Å²) in [5.74, 6) is 0.644. The quantitative estimate of drug-likeness (QED) is 0.521. The highest BCUT2D eigenvalue weighted by Gasteiger charge is 2.38. The van der Waals surface area contributed by atoms with Crippen molar-refractivity contribution in [2.45, 2.75) is 41.5 Å². The lowest BCUT2D eigenvalue weighted by Gasteiger charge is -2.43. The van der Waals surface area contributed by atoms with Crippen LogP contribution in [0.15, 0.2) is 23.8 Å². The summed E-state index contributed by atoms with van der Waals surface area (Å²) in [5, 5.41) is 0. The molecule has 13 heavy (non-hydrogen) atoms. The highest BCUT2D eigenvalue weighted by atomic mass is 14.4. The lowest BCUT2D eigenvalue weighted by Crippen LogP contribution is -2.35. The van der Waals surface area contributed by atoms with Gasteiger partial charge in [0.15, 0.2) is 0 Å². The molecule has 0 bridgehead atoms. The van der Waals surface area contributed by atoms with Crippen molar-refractivity contribution in [3.05, 3.63) is 23.8 Å². The number of hydrogen-bond acceptors (Lipinski definition) is 0. The molecule has 1 unspecified atom stereocenters. The van der Waals surface area contributed by atoms with E-state index < -0.39 is 0 Å². The second kappa shape index (κ2) is 3.01. The molecule has 0 aromatic heterocycles. The van der Waals surface area contributed by atoms with Gasteiger partial charge in [0, 0.05) is 0 Å². The predicted molar refractivity (Wildman–Crippen MR) is 59.6 cm³/mol. The molecule has 0 saturated carbocycles. The molecular weight excluding hydrogens is 156 g/mol. The fourth-order valence-electron chi connectivity index (χ4n) is 2.38. The van der Waals surface area contributed by atoms with Crippen LogP contribution in [0.1, 0.15) is 41.5 Å². The second-order valence-electron chi connectivity index (χ2n) is 5.80. The molecule has 0 amide bonds. The lowest BCUT2D eigenvalue weighted by atomic mass is 9.61. The third-order valence-electron chi connectivity index (χ3n) is 3.38. The van der Waals surface area contributed by atoms with Crippen LogP contribution in [-0.4, -0.2) is 0 Å². The highest BCUT2D eigenvalue weighted by molar-refractivity contribution is 5.26. The minimum Gasteiger partial charge on any atom is -0.0800 e. The molecule has 0 N–H and O–H groups in total. The van der Waals surface area contributed by atoms with Gasteiger partial charge in [0.1, 0.15) is 0 Å². The average Bonchev–Trinajstić information content (AvgIpc) is 1.92. The van der Waals surface area contributed by atoms with Crippen LogP contribution < -0.4 is 0 Å². The van der Waals surface area contributed by atoms with E-state index in [4.69, 9.17) is 0 Å². The van der Waals surface area contributed by atoms with Gasteiger partial charge < -0.3 is 0 Å². The van der Waals surface area contributed by atoms with E-state index >= 15 is 0 Å². The molecular formula is C13H22. The van der Waals surface area contributed by atoms with Gasteiger partial charge in [-0.25, -0.2) is 0 Å². The molecule has 1 rings (SSSR count). The minimum absolute atomic E-state index is 0.312.